The number of rotatable bonds is 6. The molecule has 2 atom stereocenters. The summed E-state index contributed by atoms with van der Waals surface area (Å²) in [6, 6.07) is 6.43. The van der Waals surface area contributed by atoms with E-state index in [0.29, 0.717) is 18.4 Å². The number of hydrogen-bond donors (Lipinski definition) is 0. The number of ether oxygens (including phenoxy) is 1. The molecule has 9 heteroatoms. The van der Waals surface area contributed by atoms with E-state index in [1.807, 2.05) is 0 Å². The minimum Gasteiger partial charge on any atom is -0.457 e. The molecule has 2 amide bonds. The van der Waals surface area contributed by atoms with Crippen molar-refractivity contribution in [2.24, 2.45) is 11.8 Å². The lowest BCUT2D eigenvalue weighted by Gasteiger charge is -2.19. The molecular formula is C20H21F2N3O4. The standard InChI is InChI=1S/C20H21F2N3O4/c21-20(22)25-15-8-4-3-7-14(15)23-16(25)11-29-17(26)9-10-24-18(27)12-5-1-2-6-13(12)19(24)28/h3-4,7-8,12-13,20H,1-2,5-6,9-11H2. The fourth-order valence-corrected chi connectivity index (χ4v) is 4.29. The van der Waals surface area contributed by atoms with Gasteiger partial charge in [0.25, 0.3) is 0 Å². The summed E-state index contributed by atoms with van der Waals surface area (Å²) in [5, 5.41) is 0. The first kappa shape index (κ1) is 19.5. The molecule has 2 heterocycles. The molecule has 1 saturated carbocycles. The molecule has 154 valence electrons. The van der Waals surface area contributed by atoms with Gasteiger partial charge in [-0.3, -0.25) is 23.9 Å². The van der Waals surface area contributed by atoms with Crippen LogP contribution < -0.4 is 0 Å². The number of alkyl halides is 2. The molecular weight excluding hydrogens is 384 g/mol. The third kappa shape index (κ3) is 3.61. The van der Waals surface area contributed by atoms with Gasteiger partial charge in [-0.25, -0.2) is 4.98 Å². The van der Waals surface area contributed by atoms with Gasteiger partial charge >= 0.3 is 12.5 Å². The Morgan fingerprint density at radius 1 is 1.14 bits per heavy atom. The number of nitrogens with zero attached hydrogens (tertiary/aromatic N) is 3. The third-order valence-corrected chi connectivity index (χ3v) is 5.70. The summed E-state index contributed by atoms with van der Waals surface area (Å²) in [6.45, 7) is -3.28. The van der Waals surface area contributed by atoms with Crippen molar-refractivity contribution in [1.82, 2.24) is 14.5 Å². The number of benzene rings is 1. The average Bonchev–Trinajstić information content (AvgIpc) is 3.21. The van der Waals surface area contributed by atoms with Crippen molar-refractivity contribution in [2.45, 2.75) is 45.3 Å². The second kappa shape index (κ2) is 7.88. The predicted octanol–water partition coefficient (Wildman–Crippen LogP) is 3.04. The van der Waals surface area contributed by atoms with Gasteiger partial charge in [0.1, 0.15) is 6.61 Å². The fourth-order valence-electron chi connectivity index (χ4n) is 4.29. The Kier molecular flexibility index (Phi) is 5.29. The van der Waals surface area contributed by atoms with Crippen LogP contribution in [0.1, 0.15) is 44.5 Å². The maximum Gasteiger partial charge on any atom is 0.320 e. The largest absolute Gasteiger partial charge is 0.457 e. The highest BCUT2D eigenvalue weighted by Crippen LogP contribution is 2.38. The zero-order chi connectivity index (χ0) is 20.5. The molecule has 0 radical (unpaired) electrons. The summed E-state index contributed by atoms with van der Waals surface area (Å²) in [7, 11) is 0. The number of carbonyl (C=O) groups is 3. The maximum atomic E-state index is 13.4. The van der Waals surface area contributed by atoms with E-state index in [9.17, 15) is 23.2 Å². The van der Waals surface area contributed by atoms with Crippen LogP contribution in [0.3, 0.4) is 0 Å². The predicted molar refractivity (Wildman–Crippen MR) is 97.6 cm³/mol. The van der Waals surface area contributed by atoms with E-state index in [2.05, 4.69) is 4.98 Å². The van der Waals surface area contributed by atoms with E-state index < -0.39 is 19.1 Å². The number of likely N-dealkylation sites (tertiary alicyclic amines) is 1. The first-order valence-electron chi connectivity index (χ1n) is 9.72. The van der Waals surface area contributed by atoms with Gasteiger partial charge in [0, 0.05) is 6.54 Å². The Morgan fingerprint density at radius 3 is 2.45 bits per heavy atom. The zero-order valence-corrected chi connectivity index (χ0v) is 15.7. The van der Waals surface area contributed by atoms with Gasteiger partial charge in [-0.2, -0.15) is 8.78 Å². The number of fused-ring (bicyclic) bond motifs is 2. The van der Waals surface area contributed by atoms with Crippen molar-refractivity contribution in [2.75, 3.05) is 6.54 Å². The number of para-hydroxylation sites is 2. The van der Waals surface area contributed by atoms with Crippen LogP contribution in [-0.2, 0) is 25.7 Å². The number of imidazole rings is 1. The minimum atomic E-state index is -2.82. The highest BCUT2D eigenvalue weighted by molar-refractivity contribution is 6.05. The van der Waals surface area contributed by atoms with E-state index in [0.717, 1.165) is 22.3 Å². The number of halogens is 2. The molecule has 2 unspecified atom stereocenters. The molecule has 0 N–H and O–H groups in total. The molecule has 0 spiro atoms. The average molecular weight is 405 g/mol. The van der Waals surface area contributed by atoms with Crippen molar-refractivity contribution < 1.29 is 27.9 Å². The molecule has 2 aliphatic rings. The van der Waals surface area contributed by atoms with Gasteiger partial charge in [-0.1, -0.05) is 25.0 Å². The van der Waals surface area contributed by atoms with Crippen molar-refractivity contribution in [3.8, 4) is 0 Å². The maximum absolute atomic E-state index is 13.4. The lowest BCUT2D eigenvalue weighted by molar-refractivity contribution is -0.147. The highest BCUT2D eigenvalue weighted by Gasteiger charge is 2.47. The topological polar surface area (TPSA) is 81.5 Å². The van der Waals surface area contributed by atoms with Gasteiger partial charge < -0.3 is 4.74 Å². The minimum absolute atomic E-state index is 0.0469. The first-order chi connectivity index (χ1) is 14.0. The summed E-state index contributed by atoms with van der Waals surface area (Å²) >= 11 is 0. The van der Waals surface area contributed by atoms with Crippen molar-refractivity contribution >= 4 is 28.8 Å². The van der Waals surface area contributed by atoms with E-state index in [1.54, 1.807) is 18.2 Å². The van der Waals surface area contributed by atoms with Crippen LogP contribution in [0.5, 0.6) is 0 Å². The van der Waals surface area contributed by atoms with Crippen molar-refractivity contribution in [3.05, 3.63) is 30.1 Å². The summed E-state index contributed by atoms with van der Waals surface area (Å²) in [5.74, 6) is -1.70. The fraction of sp³-hybridized carbons (Fsp3) is 0.500. The number of imide groups is 1. The summed E-state index contributed by atoms with van der Waals surface area (Å²) in [6.07, 6.45) is 3.11. The van der Waals surface area contributed by atoms with Crippen LogP contribution in [0.2, 0.25) is 0 Å². The zero-order valence-electron chi connectivity index (χ0n) is 15.7. The highest BCUT2D eigenvalue weighted by atomic mass is 19.3. The summed E-state index contributed by atoms with van der Waals surface area (Å²) in [5.41, 5.74) is 0.638. The number of carbonyl (C=O) groups excluding carboxylic acids is 3. The molecule has 1 aliphatic carbocycles. The second-order valence-electron chi connectivity index (χ2n) is 7.40. The Bertz CT molecular complexity index is 934. The molecule has 2 aromatic rings. The SMILES string of the molecule is O=C(CCN1C(=O)C2CCCCC2C1=O)OCc1nc2ccccc2n1C(F)F. The van der Waals surface area contributed by atoms with E-state index in [4.69, 9.17) is 4.74 Å². The van der Waals surface area contributed by atoms with Gasteiger partial charge in [-0.05, 0) is 25.0 Å². The monoisotopic (exact) mass is 405 g/mol. The van der Waals surface area contributed by atoms with E-state index in [1.165, 1.54) is 6.07 Å². The number of aromatic nitrogens is 2. The Morgan fingerprint density at radius 2 is 1.79 bits per heavy atom. The molecule has 1 aliphatic heterocycles. The van der Waals surface area contributed by atoms with Gasteiger partial charge in [0.2, 0.25) is 11.8 Å². The molecule has 7 nitrogen and oxygen atoms in total. The number of hydrogen-bond acceptors (Lipinski definition) is 5. The van der Waals surface area contributed by atoms with Crippen LogP contribution in [0.4, 0.5) is 8.78 Å². The Hall–Kier alpha value is -2.84. The molecule has 1 aromatic heterocycles. The van der Waals surface area contributed by atoms with Crippen LogP contribution in [0.25, 0.3) is 11.0 Å². The quantitative estimate of drug-likeness (QED) is 0.545. The molecule has 4 rings (SSSR count). The van der Waals surface area contributed by atoms with Crippen molar-refractivity contribution in [1.29, 1.82) is 0 Å². The second-order valence-corrected chi connectivity index (χ2v) is 7.40. The molecule has 1 aromatic carbocycles. The molecule has 1 saturated heterocycles. The molecule has 0 bridgehead atoms. The molecule has 29 heavy (non-hydrogen) atoms. The summed E-state index contributed by atoms with van der Waals surface area (Å²) in [4.78, 5) is 42.2. The molecule has 2 fully saturated rings. The van der Waals surface area contributed by atoms with E-state index in [-0.39, 0.29) is 48.0 Å². The first-order valence-corrected chi connectivity index (χ1v) is 9.72. The lowest BCUT2D eigenvalue weighted by atomic mass is 9.81. The van der Waals surface area contributed by atoms with Crippen molar-refractivity contribution in [3.63, 3.8) is 0 Å². The van der Waals surface area contributed by atoms with Crippen LogP contribution in [-0.4, -0.2) is 38.8 Å². The Balaban J connectivity index is 1.36. The van der Waals surface area contributed by atoms with Crippen LogP contribution in [0.15, 0.2) is 24.3 Å². The van der Waals surface area contributed by atoms with Gasteiger partial charge in [0.15, 0.2) is 5.82 Å². The lowest BCUT2D eigenvalue weighted by Crippen LogP contribution is -2.33. The van der Waals surface area contributed by atoms with Crippen LogP contribution >= 0.6 is 0 Å². The smallest absolute Gasteiger partial charge is 0.320 e. The van der Waals surface area contributed by atoms with Crippen LogP contribution in [0, 0.1) is 11.8 Å². The summed E-state index contributed by atoms with van der Waals surface area (Å²) < 4.78 is 32.6. The Labute approximate surface area is 165 Å². The number of esters is 1. The van der Waals surface area contributed by atoms with Gasteiger partial charge in [-0.15, -0.1) is 0 Å². The van der Waals surface area contributed by atoms with E-state index >= 15 is 0 Å². The normalized spacial score (nSPS) is 21.8. The third-order valence-electron chi connectivity index (χ3n) is 5.70. The van der Waals surface area contributed by atoms with Gasteiger partial charge in [0.05, 0.1) is 29.3 Å². The number of amides is 2.